The number of amides is 1. The number of unbranched alkanes of at least 4 members (excludes halogenated alkanes) is 1. The van der Waals surface area contributed by atoms with Crippen molar-refractivity contribution in [3.05, 3.63) is 0 Å². The fraction of sp³-hybridized carbons (Fsp3) is 0.909. The maximum Gasteiger partial charge on any atom is 0.409 e. The summed E-state index contributed by atoms with van der Waals surface area (Å²) in [6.45, 7) is 4.26. The first-order valence-electron chi connectivity index (χ1n) is 5.80. The van der Waals surface area contributed by atoms with Crippen LogP contribution < -0.4 is 0 Å². The minimum absolute atomic E-state index is 0.195. The van der Waals surface area contributed by atoms with Crippen molar-refractivity contribution in [1.29, 1.82) is 0 Å². The third-order valence-electron chi connectivity index (χ3n) is 2.85. The summed E-state index contributed by atoms with van der Waals surface area (Å²) >= 11 is 0. The zero-order valence-electron chi connectivity index (χ0n) is 9.45. The smallest absolute Gasteiger partial charge is 0.409 e. The zero-order valence-corrected chi connectivity index (χ0v) is 9.45. The molecule has 1 fully saturated rings. The topological polar surface area (TPSA) is 49.8 Å². The third kappa shape index (κ3) is 4.08. The van der Waals surface area contributed by atoms with Crippen LogP contribution in [0.4, 0.5) is 4.79 Å². The molecule has 0 radical (unpaired) electrons. The fourth-order valence-corrected chi connectivity index (χ4v) is 1.69. The highest BCUT2D eigenvalue weighted by atomic mass is 16.6. The van der Waals surface area contributed by atoms with Crippen molar-refractivity contribution in [2.45, 2.75) is 32.6 Å². The molecule has 1 rings (SSSR count). The summed E-state index contributed by atoms with van der Waals surface area (Å²) in [5.41, 5.74) is 0. The molecule has 0 aromatic rings. The Hall–Kier alpha value is -0.770. The lowest BCUT2D eigenvalue weighted by Crippen LogP contribution is -2.39. The quantitative estimate of drug-likeness (QED) is 0.725. The highest BCUT2D eigenvalue weighted by Gasteiger charge is 2.22. The summed E-state index contributed by atoms with van der Waals surface area (Å²) < 4.78 is 5.12. The average molecular weight is 215 g/mol. The van der Waals surface area contributed by atoms with E-state index in [1.54, 1.807) is 4.90 Å². The molecule has 4 heteroatoms. The van der Waals surface area contributed by atoms with Gasteiger partial charge in [0.1, 0.15) is 0 Å². The van der Waals surface area contributed by atoms with Gasteiger partial charge in [0.25, 0.3) is 0 Å². The van der Waals surface area contributed by atoms with E-state index in [-0.39, 0.29) is 12.7 Å². The van der Waals surface area contributed by atoms with E-state index < -0.39 is 0 Å². The lowest BCUT2D eigenvalue weighted by molar-refractivity contribution is 0.0778. The monoisotopic (exact) mass is 215 g/mol. The number of hydrogen-bond donors (Lipinski definition) is 1. The Morgan fingerprint density at radius 2 is 2.13 bits per heavy atom. The number of ether oxygens (including phenoxy) is 1. The van der Waals surface area contributed by atoms with E-state index in [4.69, 9.17) is 9.84 Å². The molecule has 1 heterocycles. The van der Waals surface area contributed by atoms with Gasteiger partial charge in [0.15, 0.2) is 0 Å². The maximum absolute atomic E-state index is 11.5. The Balaban J connectivity index is 2.18. The van der Waals surface area contributed by atoms with Crippen LogP contribution in [0.1, 0.15) is 32.6 Å². The van der Waals surface area contributed by atoms with Gasteiger partial charge in [-0.2, -0.15) is 0 Å². The molecule has 1 amide bonds. The first-order chi connectivity index (χ1) is 7.27. The van der Waals surface area contributed by atoms with Gasteiger partial charge >= 0.3 is 6.09 Å². The molecule has 1 saturated heterocycles. The first-order valence-corrected chi connectivity index (χ1v) is 5.80. The third-order valence-corrected chi connectivity index (χ3v) is 2.85. The number of aliphatic hydroxyl groups excluding tert-OH is 1. The molecule has 0 aromatic heterocycles. The van der Waals surface area contributed by atoms with Crippen molar-refractivity contribution < 1.29 is 14.6 Å². The Kier molecular flexibility index (Phi) is 5.47. The zero-order chi connectivity index (χ0) is 11.1. The summed E-state index contributed by atoms with van der Waals surface area (Å²) in [7, 11) is 0. The van der Waals surface area contributed by atoms with Gasteiger partial charge in [0.05, 0.1) is 6.61 Å². The number of nitrogens with zero attached hydrogens (tertiary/aromatic N) is 1. The molecule has 15 heavy (non-hydrogen) atoms. The molecule has 4 nitrogen and oxygen atoms in total. The molecule has 1 aliphatic heterocycles. The number of aliphatic hydroxyl groups is 1. The molecule has 1 aliphatic rings. The molecule has 0 saturated carbocycles. The van der Waals surface area contributed by atoms with Crippen LogP contribution in [0.2, 0.25) is 0 Å². The normalized spacial score (nSPS) is 17.9. The van der Waals surface area contributed by atoms with Crippen molar-refractivity contribution in [2.75, 3.05) is 26.3 Å². The van der Waals surface area contributed by atoms with Crippen molar-refractivity contribution in [3.8, 4) is 0 Å². The number of carbonyl (C=O) groups is 1. The highest BCUT2D eigenvalue weighted by molar-refractivity contribution is 5.67. The molecule has 0 aromatic carbocycles. The molecule has 1 N–H and O–H groups in total. The predicted molar refractivity (Wildman–Crippen MR) is 57.6 cm³/mol. The predicted octanol–water partition coefficient (Wildman–Crippen LogP) is 1.63. The van der Waals surface area contributed by atoms with Crippen LogP contribution in [0.3, 0.4) is 0 Å². The van der Waals surface area contributed by atoms with Gasteiger partial charge < -0.3 is 14.7 Å². The van der Waals surface area contributed by atoms with Gasteiger partial charge in [-0.15, -0.1) is 0 Å². The summed E-state index contributed by atoms with van der Waals surface area (Å²) in [5.74, 6) is 0.365. The highest BCUT2D eigenvalue weighted by Crippen LogP contribution is 2.16. The average Bonchev–Trinajstić information content (AvgIpc) is 2.29. The first kappa shape index (κ1) is 12.3. The largest absolute Gasteiger partial charge is 0.449 e. The summed E-state index contributed by atoms with van der Waals surface area (Å²) in [6.07, 6.45) is 3.55. The van der Waals surface area contributed by atoms with Crippen molar-refractivity contribution >= 4 is 6.09 Å². The molecule has 0 aliphatic carbocycles. The van der Waals surface area contributed by atoms with Gasteiger partial charge in [0, 0.05) is 19.7 Å². The van der Waals surface area contributed by atoms with Gasteiger partial charge in [0.2, 0.25) is 0 Å². The lowest BCUT2D eigenvalue weighted by atomic mass is 9.98. The van der Waals surface area contributed by atoms with E-state index in [9.17, 15) is 4.79 Å². The fourth-order valence-electron chi connectivity index (χ4n) is 1.69. The van der Waals surface area contributed by atoms with Crippen molar-refractivity contribution in [2.24, 2.45) is 5.92 Å². The number of likely N-dealkylation sites (tertiary alicyclic amines) is 1. The van der Waals surface area contributed by atoms with E-state index in [0.29, 0.717) is 12.5 Å². The summed E-state index contributed by atoms with van der Waals surface area (Å²) in [6, 6.07) is 0. The van der Waals surface area contributed by atoms with Gasteiger partial charge in [-0.25, -0.2) is 4.79 Å². The van der Waals surface area contributed by atoms with Crippen LogP contribution >= 0.6 is 0 Å². The minimum atomic E-state index is -0.195. The van der Waals surface area contributed by atoms with Crippen LogP contribution in [-0.2, 0) is 4.74 Å². The standard InChI is InChI=1S/C11H21NO3/c1-2-3-8-15-11(14)12-6-4-10(9-13)5-7-12/h10,13H,2-9H2,1H3. The Morgan fingerprint density at radius 1 is 1.47 bits per heavy atom. The Labute approximate surface area is 91.2 Å². The van der Waals surface area contributed by atoms with Crippen LogP contribution in [0.5, 0.6) is 0 Å². The van der Waals surface area contributed by atoms with E-state index in [1.165, 1.54) is 0 Å². The molecule has 0 spiro atoms. The van der Waals surface area contributed by atoms with Crippen LogP contribution in [0.15, 0.2) is 0 Å². The minimum Gasteiger partial charge on any atom is -0.449 e. The van der Waals surface area contributed by atoms with Crippen LogP contribution in [0, 0.1) is 5.92 Å². The molecular weight excluding hydrogens is 194 g/mol. The summed E-state index contributed by atoms with van der Waals surface area (Å²) in [5, 5.41) is 8.95. The number of piperidine rings is 1. The lowest BCUT2D eigenvalue weighted by Gasteiger charge is -2.30. The Bertz CT molecular complexity index is 188. The molecular formula is C11H21NO3. The molecule has 0 bridgehead atoms. The van der Waals surface area contributed by atoms with Crippen LogP contribution in [0.25, 0.3) is 0 Å². The molecule has 88 valence electrons. The second kappa shape index (κ2) is 6.67. The van der Waals surface area contributed by atoms with Gasteiger partial charge in [-0.3, -0.25) is 0 Å². The Morgan fingerprint density at radius 3 is 2.67 bits per heavy atom. The SMILES string of the molecule is CCCCOC(=O)N1CCC(CO)CC1. The molecule has 0 atom stereocenters. The number of hydrogen-bond acceptors (Lipinski definition) is 3. The number of rotatable bonds is 4. The second-order valence-corrected chi connectivity index (χ2v) is 4.08. The van der Waals surface area contributed by atoms with Crippen molar-refractivity contribution in [3.63, 3.8) is 0 Å². The van der Waals surface area contributed by atoms with Gasteiger partial charge in [-0.05, 0) is 25.2 Å². The molecule has 0 unspecified atom stereocenters. The maximum atomic E-state index is 11.5. The number of carbonyl (C=O) groups excluding carboxylic acids is 1. The van der Waals surface area contributed by atoms with Crippen LogP contribution in [-0.4, -0.2) is 42.4 Å². The van der Waals surface area contributed by atoms with Gasteiger partial charge in [-0.1, -0.05) is 13.3 Å². The van der Waals surface area contributed by atoms with E-state index in [0.717, 1.165) is 38.8 Å². The van der Waals surface area contributed by atoms with Crippen molar-refractivity contribution in [1.82, 2.24) is 4.90 Å². The summed E-state index contributed by atoms with van der Waals surface area (Å²) in [4.78, 5) is 13.2. The van der Waals surface area contributed by atoms with E-state index in [2.05, 4.69) is 6.92 Å². The van der Waals surface area contributed by atoms with E-state index >= 15 is 0 Å². The second-order valence-electron chi connectivity index (χ2n) is 4.08. The van der Waals surface area contributed by atoms with E-state index in [1.807, 2.05) is 0 Å².